The number of hydrogen-bond donors (Lipinski definition) is 1. The second kappa shape index (κ2) is 5.65. The van der Waals surface area contributed by atoms with E-state index in [2.05, 4.69) is 26.2 Å². The normalized spacial score (nSPS) is 10.8. The highest BCUT2D eigenvalue weighted by Crippen LogP contribution is 2.19. The van der Waals surface area contributed by atoms with Crippen molar-refractivity contribution >= 4 is 33.2 Å². The summed E-state index contributed by atoms with van der Waals surface area (Å²) < 4.78 is 15.6. The molecule has 2 heterocycles. The number of imidazole rings is 1. The van der Waals surface area contributed by atoms with Crippen LogP contribution in [0.4, 0.5) is 10.1 Å². The summed E-state index contributed by atoms with van der Waals surface area (Å²) >= 11 is 3.07. The van der Waals surface area contributed by atoms with Crippen molar-refractivity contribution in [3.05, 3.63) is 64.8 Å². The van der Waals surface area contributed by atoms with Gasteiger partial charge < -0.3 is 9.72 Å². The van der Waals surface area contributed by atoms with Crippen LogP contribution in [-0.2, 0) is 11.2 Å². The van der Waals surface area contributed by atoms with E-state index >= 15 is 0 Å². The zero-order valence-corrected chi connectivity index (χ0v) is 12.5. The molecule has 6 heteroatoms. The number of rotatable bonds is 3. The van der Waals surface area contributed by atoms with Gasteiger partial charge in [0.2, 0.25) is 5.91 Å². The van der Waals surface area contributed by atoms with E-state index in [4.69, 9.17) is 0 Å². The van der Waals surface area contributed by atoms with Gasteiger partial charge in [0.05, 0.1) is 10.9 Å². The number of amides is 1. The first-order chi connectivity index (χ1) is 10.1. The number of carbonyl (C=O) groups is 1. The van der Waals surface area contributed by atoms with Crippen LogP contribution in [0.1, 0.15) is 5.69 Å². The van der Waals surface area contributed by atoms with Crippen molar-refractivity contribution in [3.63, 3.8) is 0 Å². The molecule has 1 aromatic carbocycles. The summed E-state index contributed by atoms with van der Waals surface area (Å²) in [6.45, 7) is 0. The molecule has 0 atom stereocenters. The summed E-state index contributed by atoms with van der Waals surface area (Å²) in [6, 6.07) is 10.1. The molecule has 0 saturated carbocycles. The molecule has 0 saturated heterocycles. The van der Waals surface area contributed by atoms with Crippen LogP contribution < -0.4 is 5.32 Å². The first-order valence-electron chi connectivity index (χ1n) is 6.29. The van der Waals surface area contributed by atoms with Gasteiger partial charge in [-0.2, -0.15) is 0 Å². The van der Waals surface area contributed by atoms with Crippen LogP contribution in [0.15, 0.2) is 53.3 Å². The van der Waals surface area contributed by atoms with E-state index in [-0.39, 0.29) is 12.3 Å². The standard InChI is InChI=1S/C15H11BrFN3O/c16-12-5-4-10(8-13(12)17)19-15(21)9-11-2-1-3-14-18-6-7-20(11)14/h1-8H,9H2,(H,19,21). The molecule has 21 heavy (non-hydrogen) atoms. The summed E-state index contributed by atoms with van der Waals surface area (Å²) in [5.41, 5.74) is 2.04. The van der Waals surface area contributed by atoms with Crippen molar-refractivity contribution in [2.45, 2.75) is 6.42 Å². The van der Waals surface area contributed by atoms with Crippen LogP contribution in [0.2, 0.25) is 0 Å². The molecule has 106 valence electrons. The highest BCUT2D eigenvalue weighted by atomic mass is 79.9. The molecule has 0 aliphatic heterocycles. The van der Waals surface area contributed by atoms with E-state index in [0.717, 1.165) is 11.3 Å². The van der Waals surface area contributed by atoms with Crippen LogP contribution in [0, 0.1) is 5.82 Å². The van der Waals surface area contributed by atoms with Crippen molar-refractivity contribution in [2.75, 3.05) is 5.32 Å². The maximum atomic E-state index is 13.4. The SMILES string of the molecule is O=C(Cc1cccc2nccn12)Nc1ccc(Br)c(F)c1. The Morgan fingerprint density at radius 2 is 2.19 bits per heavy atom. The highest BCUT2D eigenvalue weighted by Gasteiger charge is 2.08. The number of nitrogens with zero attached hydrogens (tertiary/aromatic N) is 2. The van der Waals surface area contributed by atoms with Gasteiger partial charge in [0.1, 0.15) is 11.5 Å². The lowest BCUT2D eigenvalue weighted by Crippen LogP contribution is -2.16. The lowest BCUT2D eigenvalue weighted by molar-refractivity contribution is -0.115. The fraction of sp³-hybridized carbons (Fsp3) is 0.0667. The number of halogens is 2. The van der Waals surface area contributed by atoms with E-state index in [1.54, 1.807) is 24.5 Å². The van der Waals surface area contributed by atoms with E-state index in [0.29, 0.717) is 10.2 Å². The van der Waals surface area contributed by atoms with Crippen molar-refractivity contribution in [3.8, 4) is 0 Å². The Kier molecular flexibility index (Phi) is 3.70. The number of pyridine rings is 1. The Labute approximate surface area is 128 Å². The molecule has 1 N–H and O–H groups in total. The van der Waals surface area contributed by atoms with Gasteiger partial charge in [-0.25, -0.2) is 9.37 Å². The number of benzene rings is 1. The van der Waals surface area contributed by atoms with Crippen LogP contribution >= 0.6 is 15.9 Å². The molecule has 3 aromatic rings. The van der Waals surface area contributed by atoms with Crippen molar-refractivity contribution in [1.82, 2.24) is 9.38 Å². The average molecular weight is 348 g/mol. The zero-order chi connectivity index (χ0) is 14.8. The molecular weight excluding hydrogens is 337 g/mol. The Balaban J connectivity index is 1.77. The van der Waals surface area contributed by atoms with Gasteiger partial charge >= 0.3 is 0 Å². The van der Waals surface area contributed by atoms with Crippen LogP contribution in [0.5, 0.6) is 0 Å². The molecule has 0 bridgehead atoms. The van der Waals surface area contributed by atoms with Crippen molar-refractivity contribution in [2.24, 2.45) is 0 Å². The first kappa shape index (κ1) is 13.8. The van der Waals surface area contributed by atoms with Crippen LogP contribution in [-0.4, -0.2) is 15.3 Å². The Hall–Kier alpha value is -2.21. The predicted octanol–water partition coefficient (Wildman–Crippen LogP) is 3.42. The molecule has 0 aliphatic rings. The minimum atomic E-state index is -0.412. The van der Waals surface area contributed by atoms with E-state index in [1.165, 1.54) is 6.07 Å². The van der Waals surface area contributed by atoms with E-state index in [1.807, 2.05) is 22.6 Å². The van der Waals surface area contributed by atoms with Crippen molar-refractivity contribution < 1.29 is 9.18 Å². The third kappa shape index (κ3) is 2.95. The molecule has 0 spiro atoms. The summed E-state index contributed by atoms with van der Waals surface area (Å²) in [4.78, 5) is 16.2. The minimum Gasteiger partial charge on any atom is -0.326 e. The number of hydrogen-bond acceptors (Lipinski definition) is 2. The van der Waals surface area contributed by atoms with Gasteiger partial charge in [-0.15, -0.1) is 0 Å². The van der Waals surface area contributed by atoms with Gasteiger partial charge in [-0.3, -0.25) is 4.79 Å². The molecule has 4 nitrogen and oxygen atoms in total. The topological polar surface area (TPSA) is 46.4 Å². The molecule has 3 rings (SSSR count). The van der Waals surface area contributed by atoms with E-state index in [9.17, 15) is 9.18 Å². The average Bonchev–Trinajstić information content (AvgIpc) is 2.92. The Morgan fingerprint density at radius 1 is 1.33 bits per heavy atom. The smallest absolute Gasteiger partial charge is 0.230 e. The molecule has 0 fully saturated rings. The fourth-order valence-corrected chi connectivity index (χ4v) is 2.34. The maximum Gasteiger partial charge on any atom is 0.230 e. The van der Waals surface area contributed by atoms with Gasteiger partial charge in [0.25, 0.3) is 0 Å². The predicted molar refractivity (Wildman–Crippen MR) is 81.6 cm³/mol. The third-order valence-electron chi connectivity index (χ3n) is 3.06. The van der Waals surface area contributed by atoms with Gasteiger partial charge in [-0.1, -0.05) is 6.07 Å². The van der Waals surface area contributed by atoms with E-state index < -0.39 is 5.82 Å². The molecule has 1 amide bonds. The zero-order valence-electron chi connectivity index (χ0n) is 10.9. The fourth-order valence-electron chi connectivity index (χ4n) is 2.09. The van der Waals surface area contributed by atoms with Crippen LogP contribution in [0.25, 0.3) is 5.65 Å². The number of carbonyl (C=O) groups excluding carboxylic acids is 1. The molecule has 2 aromatic heterocycles. The third-order valence-corrected chi connectivity index (χ3v) is 3.70. The highest BCUT2D eigenvalue weighted by molar-refractivity contribution is 9.10. The summed E-state index contributed by atoms with van der Waals surface area (Å²) in [6.07, 6.45) is 3.67. The Bertz CT molecular complexity index is 816. The molecule has 0 aliphatic carbocycles. The molecular formula is C15H11BrFN3O. The van der Waals surface area contributed by atoms with Crippen LogP contribution in [0.3, 0.4) is 0 Å². The summed E-state index contributed by atoms with van der Waals surface area (Å²) in [7, 11) is 0. The molecule has 0 radical (unpaired) electrons. The lowest BCUT2D eigenvalue weighted by atomic mass is 10.2. The lowest BCUT2D eigenvalue weighted by Gasteiger charge is -2.07. The van der Waals surface area contributed by atoms with Gasteiger partial charge in [-0.05, 0) is 46.3 Å². The minimum absolute atomic E-state index is 0.186. The number of anilines is 1. The second-order valence-corrected chi connectivity index (χ2v) is 5.38. The summed E-state index contributed by atoms with van der Waals surface area (Å²) in [5.74, 6) is -0.623. The van der Waals surface area contributed by atoms with Crippen molar-refractivity contribution in [1.29, 1.82) is 0 Å². The maximum absolute atomic E-state index is 13.4. The molecule has 0 unspecified atom stereocenters. The second-order valence-electron chi connectivity index (χ2n) is 4.53. The Morgan fingerprint density at radius 3 is 3.00 bits per heavy atom. The van der Waals surface area contributed by atoms with Gasteiger partial charge in [0.15, 0.2) is 0 Å². The largest absolute Gasteiger partial charge is 0.326 e. The first-order valence-corrected chi connectivity index (χ1v) is 7.08. The number of fused-ring (bicyclic) bond motifs is 1. The number of aromatic nitrogens is 2. The quantitative estimate of drug-likeness (QED) is 0.789. The van der Waals surface area contributed by atoms with Gasteiger partial charge in [0, 0.05) is 23.8 Å². The summed E-state index contributed by atoms with van der Waals surface area (Å²) in [5, 5.41) is 2.68. The number of nitrogens with one attached hydrogen (secondary N) is 1. The monoisotopic (exact) mass is 347 g/mol.